The maximum Gasteiger partial charge on any atom is 0.407 e. The van der Waals surface area contributed by atoms with Crippen molar-refractivity contribution in [1.29, 1.82) is 0 Å². The summed E-state index contributed by atoms with van der Waals surface area (Å²) >= 11 is 0. The number of primary amides is 1. The van der Waals surface area contributed by atoms with Crippen LogP contribution in [0.3, 0.4) is 0 Å². The molecular formula is C25H30N2O9. The Hall–Kier alpha value is -3.44. The van der Waals surface area contributed by atoms with Crippen molar-refractivity contribution in [3.8, 4) is 5.75 Å². The second-order valence-electron chi connectivity index (χ2n) is 10.2. The lowest BCUT2D eigenvalue weighted by atomic mass is 9.57. The summed E-state index contributed by atoms with van der Waals surface area (Å²) in [6.45, 7) is 4.05. The molecule has 0 heterocycles. The summed E-state index contributed by atoms with van der Waals surface area (Å²) in [6, 6.07) is 2.86. The molecule has 1 aromatic rings. The Morgan fingerprint density at radius 2 is 1.92 bits per heavy atom. The number of aliphatic hydroxyl groups is 3. The first-order valence-corrected chi connectivity index (χ1v) is 11.8. The van der Waals surface area contributed by atoms with Crippen molar-refractivity contribution in [2.45, 2.75) is 51.4 Å². The van der Waals surface area contributed by atoms with E-state index in [1.807, 2.05) is 13.8 Å². The highest BCUT2D eigenvalue weighted by Gasteiger charge is 2.62. The molecule has 3 aliphatic carbocycles. The third kappa shape index (κ3) is 4.01. The molecule has 0 aliphatic heterocycles. The van der Waals surface area contributed by atoms with E-state index in [1.54, 1.807) is 6.07 Å². The SMILES string of the molecule is CC(C)COC(=O)NCc1ccc(O)c2c1C[C@H]1C[C@H]3CC(O)C(C(N)=O)C(=O)[C@@]3(O)C(O)=C1C2=O. The first kappa shape index (κ1) is 25.6. The van der Waals surface area contributed by atoms with Gasteiger partial charge in [0.05, 0.1) is 18.3 Å². The first-order chi connectivity index (χ1) is 16.9. The summed E-state index contributed by atoms with van der Waals surface area (Å²) in [4.78, 5) is 50.3. The molecule has 0 saturated heterocycles. The summed E-state index contributed by atoms with van der Waals surface area (Å²) in [5.41, 5.74) is 3.41. The van der Waals surface area contributed by atoms with E-state index in [4.69, 9.17) is 10.5 Å². The fourth-order valence-corrected chi connectivity index (χ4v) is 5.62. The van der Waals surface area contributed by atoms with E-state index in [-0.39, 0.29) is 55.2 Å². The average molecular weight is 503 g/mol. The van der Waals surface area contributed by atoms with E-state index in [0.29, 0.717) is 11.1 Å². The smallest absolute Gasteiger partial charge is 0.407 e. The number of carbonyl (C=O) groups is 4. The van der Waals surface area contributed by atoms with Crippen LogP contribution in [-0.4, -0.2) is 62.3 Å². The lowest BCUT2D eigenvalue weighted by Gasteiger charge is -2.48. The van der Waals surface area contributed by atoms with Gasteiger partial charge in [0.25, 0.3) is 0 Å². The molecule has 0 spiro atoms. The van der Waals surface area contributed by atoms with Gasteiger partial charge in [-0.2, -0.15) is 0 Å². The number of fused-ring (bicyclic) bond motifs is 3. The third-order valence-corrected chi connectivity index (χ3v) is 7.34. The maximum atomic E-state index is 13.5. The molecule has 7 N–H and O–H groups in total. The van der Waals surface area contributed by atoms with Gasteiger partial charge < -0.3 is 36.2 Å². The van der Waals surface area contributed by atoms with Gasteiger partial charge in [-0.05, 0) is 48.3 Å². The number of aliphatic hydroxyl groups excluding tert-OH is 2. The number of aromatic hydroxyl groups is 1. The number of ether oxygens (including phenoxy) is 1. The van der Waals surface area contributed by atoms with Crippen LogP contribution < -0.4 is 11.1 Å². The Morgan fingerprint density at radius 3 is 2.56 bits per heavy atom. The number of allylic oxidation sites excluding steroid dienone is 1. The molecule has 5 atom stereocenters. The fraction of sp³-hybridized carbons (Fsp3) is 0.520. The van der Waals surface area contributed by atoms with Crippen LogP contribution in [0.1, 0.15) is 48.2 Å². The van der Waals surface area contributed by atoms with Crippen molar-refractivity contribution >= 4 is 23.6 Å². The van der Waals surface area contributed by atoms with Gasteiger partial charge in [0.1, 0.15) is 17.4 Å². The van der Waals surface area contributed by atoms with E-state index >= 15 is 0 Å². The molecule has 4 rings (SSSR count). The number of nitrogens with two attached hydrogens (primary N) is 1. The Balaban J connectivity index is 1.70. The number of amides is 2. The summed E-state index contributed by atoms with van der Waals surface area (Å²) in [5, 5.41) is 45.8. The number of hydrogen-bond donors (Lipinski definition) is 6. The summed E-state index contributed by atoms with van der Waals surface area (Å²) in [5.74, 6) is -7.43. The standard InChI is InChI=1S/C25H30N2O9/c1-10(2)9-36-24(34)27-8-11-3-4-15(28)18-14(11)6-12-5-13-7-16(29)19(23(26)33)22(32)25(13,35)21(31)17(12)20(18)30/h3-4,10,12-13,16,19,28-29,31,35H,5-9H2,1-2H3,(H2,26,33)(H,27,34)/t12-,13+,16?,19?,25+/m1/s1. The van der Waals surface area contributed by atoms with Crippen LogP contribution in [0.2, 0.25) is 0 Å². The molecule has 11 heteroatoms. The zero-order valence-electron chi connectivity index (χ0n) is 20.0. The number of nitrogens with one attached hydrogen (secondary N) is 1. The highest BCUT2D eigenvalue weighted by Crippen LogP contribution is 2.51. The zero-order valence-corrected chi connectivity index (χ0v) is 20.0. The minimum atomic E-state index is -2.55. The molecule has 36 heavy (non-hydrogen) atoms. The average Bonchev–Trinajstić information content (AvgIpc) is 2.79. The van der Waals surface area contributed by atoms with E-state index in [9.17, 15) is 39.6 Å². The second kappa shape index (κ2) is 9.21. The van der Waals surface area contributed by atoms with Crippen molar-refractivity contribution in [3.63, 3.8) is 0 Å². The number of rotatable bonds is 5. The zero-order chi connectivity index (χ0) is 26.5. The molecule has 2 unspecified atom stereocenters. The van der Waals surface area contributed by atoms with Crippen molar-refractivity contribution in [1.82, 2.24) is 5.32 Å². The van der Waals surface area contributed by atoms with Crippen LogP contribution in [0, 0.1) is 23.7 Å². The van der Waals surface area contributed by atoms with Crippen molar-refractivity contribution in [2.75, 3.05) is 6.61 Å². The quantitative estimate of drug-likeness (QED) is 0.313. The highest BCUT2D eigenvalue weighted by atomic mass is 16.5. The molecule has 194 valence electrons. The Kier molecular flexibility index (Phi) is 6.56. The van der Waals surface area contributed by atoms with E-state index in [0.717, 1.165) is 0 Å². The van der Waals surface area contributed by atoms with Crippen LogP contribution in [0.5, 0.6) is 5.75 Å². The summed E-state index contributed by atoms with van der Waals surface area (Å²) in [6.07, 6.45) is -2.01. The predicted octanol–water partition coefficient (Wildman–Crippen LogP) is 0.628. The van der Waals surface area contributed by atoms with Gasteiger partial charge in [0.2, 0.25) is 5.91 Å². The molecule has 3 aliphatic rings. The summed E-state index contributed by atoms with van der Waals surface area (Å²) < 4.78 is 5.11. The number of alkyl carbamates (subject to hydrolysis) is 1. The highest BCUT2D eigenvalue weighted by molar-refractivity contribution is 6.15. The van der Waals surface area contributed by atoms with Crippen molar-refractivity contribution in [3.05, 3.63) is 40.2 Å². The van der Waals surface area contributed by atoms with Gasteiger partial charge in [0.15, 0.2) is 17.2 Å². The molecule has 0 bridgehead atoms. The predicted molar refractivity (Wildman–Crippen MR) is 124 cm³/mol. The molecular weight excluding hydrogens is 472 g/mol. The third-order valence-electron chi connectivity index (χ3n) is 7.34. The van der Waals surface area contributed by atoms with Crippen LogP contribution in [-0.2, 0) is 27.3 Å². The molecule has 1 fully saturated rings. The second-order valence-corrected chi connectivity index (χ2v) is 10.2. The lowest BCUT2D eigenvalue weighted by Crippen LogP contribution is -2.63. The number of Topliss-reactive ketones (excluding diaryl/α,β-unsaturated/α-hetero) is 2. The Bertz CT molecular complexity index is 1170. The van der Waals surface area contributed by atoms with E-state index in [2.05, 4.69) is 5.32 Å². The Morgan fingerprint density at radius 1 is 1.22 bits per heavy atom. The van der Waals surface area contributed by atoms with Gasteiger partial charge in [-0.25, -0.2) is 4.79 Å². The van der Waals surface area contributed by atoms with Gasteiger partial charge in [-0.15, -0.1) is 0 Å². The Labute approximate surface area is 206 Å². The number of ketones is 2. The number of benzene rings is 1. The molecule has 11 nitrogen and oxygen atoms in total. The lowest BCUT2D eigenvalue weighted by molar-refractivity contribution is -0.167. The largest absolute Gasteiger partial charge is 0.508 e. The van der Waals surface area contributed by atoms with Crippen LogP contribution in [0.15, 0.2) is 23.5 Å². The topological polar surface area (TPSA) is 196 Å². The maximum absolute atomic E-state index is 13.5. The van der Waals surface area contributed by atoms with Crippen LogP contribution in [0.25, 0.3) is 0 Å². The molecule has 0 radical (unpaired) electrons. The number of phenols is 1. The van der Waals surface area contributed by atoms with Gasteiger partial charge in [0, 0.05) is 18.0 Å². The van der Waals surface area contributed by atoms with E-state index < -0.39 is 58.8 Å². The number of phenolic OH excluding ortho intramolecular Hbond substituents is 1. The van der Waals surface area contributed by atoms with Gasteiger partial charge in [-0.3, -0.25) is 14.4 Å². The summed E-state index contributed by atoms with van der Waals surface area (Å²) in [7, 11) is 0. The normalized spacial score (nSPS) is 29.4. The van der Waals surface area contributed by atoms with Crippen LogP contribution >= 0.6 is 0 Å². The van der Waals surface area contributed by atoms with E-state index in [1.165, 1.54) is 6.07 Å². The molecule has 2 amide bonds. The molecule has 0 aromatic heterocycles. The van der Waals surface area contributed by atoms with Crippen molar-refractivity contribution < 1.29 is 44.3 Å². The number of carbonyl (C=O) groups excluding carboxylic acids is 4. The van der Waals surface area contributed by atoms with Gasteiger partial charge in [-0.1, -0.05) is 19.9 Å². The van der Waals surface area contributed by atoms with Gasteiger partial charge >= 0.3 is 6.09 Å². The monoisotopic (exact) mass is 502 g/mol. The number of hydrogen-bond acceptors (Lipinski definition) is 9. The fourth-order valence-electron chi connectivity index (χ4n) is 5.62. The minimum absolute atomic E-state index is 0.0232. The first-order valence-electron chi connectivity index (χ1n) is 11.8. The van der Waals surface area contributed by atoms with Crippen molar-refractivity contribution in [2.24, 2.45) is 29.4 Å². The minimum Gasteiger partial charge on any atom is -0.508 e. The van der Waals surface area contributed by atoms with Crippen LogP contribution in [0.4, 0.5) is 4.79 Å². The molecule has 1 aromatic carbocycles. The molecule has 1 saturated carbocycles.